The molecule has 0 amide bonds. The summed E-state index contributed by atoms with van der Waals surface area (Å²) in [5.41, 5.74) is 4.12. The third kappa shape index (κ3) is 4.14. The van der Waals surface area contributed by atoms with Gasteiger partial charge in [0, 0.05) is 5.92 Å². The maximum Gasteiger partial charge on any atom is 0.416 e. The molecule has 0 N–H and O–H groups in total. The van der Waals surface area contributed by atoms with Crippen LogP contribution < -0.4 is 0 Å². The number of rotatable bonds is 3. The fraction of sp³-hybridized carbons (Fsp3) is 0.125. The first kappa shape index (κ1) is 24.3. The van der Waals surface area contributed by atoms with Crippen molar-refractivity contribution in [2.24, 2.45) is 0 Å². The maximum absolute atomic E-state index is 13.8. The highest BCUT2D eigenvalue weighted by atomic mass is 19.4. The van der Waals surface area contributed by atoms with Gasteiger partial charge in [-0.2, -0.15) is 26.3 Å². The average Bonchev–Trinajstić information content (AvgIpc) is 3.46. The first-order valence-corrected chi connectivity index (χ1v) is 12.1. The highest BCUT2D eigenvalue weighted by Crippen LogP contribution is 2.55. The Labute approximate surface area is 215 Å². The van der Waals surface area contributed by atoms with E-state index < -0.39 is 23.5 Å². The van der Waals surface area contributed by atoms with Gasteiger partial charge >= 0.3 is 12.4 Å². The Morgan fingerprint density at radius 2 is 1.21 bits per heavy atom. The van der Waals surface area contributed by atoms with E-state index in [2.05, 4.69) is 6.08 Å². The average molecular weight is 519 g/mol. The molecule has 6 rings (SSSR count). The van der Waals surface area contributed by atoms with Gasteiger partial charge in [-0.15, -0.1) is 0 Å². The van der Waals surface area contributed by atoms with Crippen molar-refractivity contribution in [1.82, 2.24) is 0 Å². The number of hydrogen-bond donors (Lipinski definition) is 0. The van der Waals surface area contributed by atoms with E-state index >= 15 is 0 Å². The number of benzene rings is 4. The van der Waals surface area contributed by atoms with Crippen molar-refractivity contribution in [2.45, 2.75) is 24.7 Å². The normalized spacial score (nSPS) is 16.9. The van der Waals surface area contributed by atoms with E-state index in [-0.39, 0.29) is 24.0 Å². The summed E-state index contributed by atoms with van der Waals surface area (Å²) in [5, 5.41) is 0. The molecule has 0 fully saturated rings. The zero-order valence-corrected chi connectivity index (χ0v) is 19.9. The molecule has 38 heavy (non-hydrogen) atoms. The minimum absolute atomic E-state index is 0.0601. The second-order valence-corrected chi connectivity index (χ2v) is 9.55. The molecule has 0 aliphatic heterocycles. The molecule has 0 aromatic heterocycles. The molecule has 0 nitrogen and oxygen atoms in total. The Morgan fingerprint density at radius 1 is 0.605 bits per heavy atom. The topological polar surface area (TPSA) is 0 Å². The van der Waals surface area contributed by atoms with Crippen LogP contribution in [0.5, 0.6) is 0 Å². The summed E-state index contributed by atoms with van der Waals surface area (Å²) >= 11 is 0. The molecule has 0 saturated heterocycles. The predicted octanol–water partition coefficient (Wildman–Crippen LogP) is 9.53. The van der Waals surface area contributed by atoms with Crippen LogP contribution in [0.25, 0.3) is 22.8 Å². The zero-order valence-electron chi connectivity index (χ0n) is 19.9. The van der Waals surface area contributed by atoms with Crippen LogP contribution in [0.15, 0.2) is 97.1 Å². The molecule has 4 aromatic carbocycles. The standard InChI is InChI=1S/C32H20F6/c33-31(34,35)23-14-22(15-24(18-23)32(36,37)38)28-17-21-11-5-7-13-26(21)30(28)29-25-12-6-4-10-20(25)16-27(29)19-8-2-1-3-9-19/h1-16,18,29H,17H2. The second kappa shape index (κ2) is 8.76. The van der Waals surface area contributed by atoms with Crippen LogP contribution in [0.2, 0.25) is 0 Å². The second-order valence-electron chi connectivity index (χ2n) is 9.55. The van der Waals surface area contributed by atoms with Gasteiger partial charge in [-0.25, -0.2) is 0 Å². The lowest BCUT2D eigenvalue weighted by Crippen LogP contribution is -2.12. The molecule has 0 spiro atoms. The van der Waals surface area contributed by atoms with Crippen molar-refractivity contribution in [3.8, 4) is 0 Å². The van der Waals surface area contributed by atoms with Crippen molar-refractivity contribution < 1.29 is 26.3 Å². The van der Waals surface area contributed by atoms with Gasteiger partial charge in [0.05, 0.1) is 11.1 Å². The summed E-state index contributed by atoms with van der Waals surface area (Å²) in [5.74, 6) is -0.351. The van der Waals surface area contributed by atoms with Crippen molar-refractivity contribution >= 4 is 22.8 Å². The molecule has 2 aliphatic carbocycles. The zero-order chi connectivity index (χ0) is 26.7. The van der Waals surface area contributed by atoms with Gasteiger partial charge in [0.15, 0.2) is 0 Å². The minimum atomic E-state index is -4.92. The lowest BCUT2D eigenvalue weighted by Gasteiger charge is -2.23. The smallest absolute Gasteiger partial charge is 0.166 e. The summed E-state index contributed by atoms with van der Waals surface area (Å²) in [6.07, 6.45) is -7.53. The van der Waals surface area contributed by atoms with E-state index in [0.717, 1.165) is 51.1 Å². The number of alkyl halides is 6. The maximum atomic E-state index is 13.8. The molecule has 0 bridgehead atoms. The number of fused-ring (bicyclic) bond motifs is 2. The quantitative estimate of drug-likeness (QED) is 0.237. The van der Waals surface area contributed by atoms with Crippen molar-refractivity contribution in [3.63, 3.8) is 0 Å². The van der Waals surface area contributed by atoms with Gasteiger partial charge in [-0.1, -0.05) is 78.9 Å². The van der Waals surface area contributed by atoms with Crippen LogP contribution in [0.4, 0.5) is 26.3 Å². The Bertz CT molecular complexity index is 1570. The van der Waals surface area contributed by atoms with E-state index in [9.17, 15) is 26.3 Å². The molecule has 0 heterocycles. The molecule has 190 valence electrons. The van der Waals surface area contributed by atoms with E-state index in [1.165, 1.54) is 0 Å². The molecular formula is C32H20F6. The van der Waals surface area contributed by atoms with Crippen molar-refractivity contribution in [1.29, 1.82) is 0 Å². The van der Waals surface area contributed by atoms with Crippen LogP contribution in [0, 0.1) is 0 Å². The molecule has 1 atom stereocenters. The lowest BCUT2D eigenvalue weighted by molar-refractivity contribution is -0.143. The summed E-state index contributed by atoms with van der Waals surface area (Å²) in [6.45, 7) is 0. The molecular weight excluding hydrogens is 498 g/mol. The largest absolute Gasteiger partial charge is 0.416 e. The van der Waals surface area contributed by atoms with E-state index in [0.29, 0.717) is 5.57 Å². The Morgan fingerprint density at radius 3 is 1.89 bits per heavy atom. The van der Waals surface area contributed by atoms with Crippen molar-refractivity contribution in [3.05, 3.63) is 142 Å². The van der Waals surface area contributed by atoms with E-state index in [1.807, 2.05) is 78.9 Å². The summed E-state index contributed by atoms with van der Waals surface area (Å²) in [7, 11) is 0. The van der Waals surface area contributed by atoms with Crippen LogP contribution in [-0.2, 0) is 18.8 Å². The molecule has 2 aliphatic rings. The fourth-order valence-electron chi connectivity index (χ4n) is 5.62. The SMILES string of the molecule is FC(F)(F)c1cc(C2=C(C3C(c4ccccc4)=Cc4ccccc43)c3ccccc3C2)cc(C(F)(F)F)c1. The minimum Gasteiger partial charge on any atom is -0.166 e. The van der Waals surface area contributed by atoms with Crippen LogP contribution >= 0.6 is 0 Å². The van der Waals surface area contributed by atoms with Crippen LogP contribution in [0.3, 0.4) is 0 Å². The summed E-state index contributed by atoms with van der Waals surface area (Å²) in [6, 6.07) is 26.8. The first-order chi connectivity index (χ1) is 18.1. The highest BCUT2D eigenvalue weighted by molar-refractivity contribution is 6.09. The third-order valence-corrected chi connectivity index (χ3v) is 7.26. The number of allylic oxidation sites excluding steroid dienone is 3. The Balaban J connectivity index is 1.65. The van der Waals surface area contributed by atoms with Crippen molar-refractivity contribution in [2.75, 3.05) is 0 Å². The van der Waals surface area contributed by atoms with Gasteiger partial charge in [-0.05, 0) is 80.8 Å². The van der Waals surface area contributed by atoms with E-state index in [4.69, 9.17) is 0 Å². The highest BCUT2D eigenvalue weighted by Gasteiger charge is 2.39. The molecule has 0 saturated carbocycles. The van der Waals surface area contributed by atoms with Crippen LogP contribution in [0.1, 0.15) is 50.4 Å². The molecule has 1 unspecified atom stereocenters. The van der Waals surface area contributed by atoms with Gasteiger partial charge in [0.25, 0.3) is 0 Å². The Kier molecular flexibility index (Phi) is 5.60. The van der Waals surface area contributed by atoms with Crippen LogP contribution in [-0.4, -0.2) is 0 Å². The summed E-state index contributed by atoms with van der Waals surface area (Å²) in [4.78, 5) is 0. The first-order valence-electron chi connectivity index (χ1n) is 12.1. The predicted molar refractivity (Wildman–Crippen MR) is 137 cm³/mol. The number of halogens is 6. The molecule has 6 heteroatoms. The Hall–Kier alpha value is -4.06. The fourth-order valence-corrected chi connectivity index (χ4v) is 5.62. The number of hydrogen-bond acceptors (Lipinski definition) is 0. The third-order valence-electron chi connectivity index (χ3n) is 7.26. The van der Waals surface area contributed by atoms with Gasteiger partial charge in [0.1, 0.15) is 0 Å². The molecule has 0 radical (unpaired) electrons. The monoisotopic (exact) mass is 518 g/mol. The van der Waals surface area contributed by atoms with Gasteiger partial charge in [0.2, 0.25) is 0 Å². The van der Waals surface area contributed by atoms with Gasteiger partial charge in [-0.3, -0.25) is 0 Å². The van der Waals surface area contributed by atoms with E-state index in [1.54, 1.807) is 0 Å². The van der Waals surface area contributed by atoms with Gasteiger partial charge < -0.3 is 0 Å². The molecule has 4 aromatic rings. The lowest BCUT2D eigenvalue weighted by atomic mass is 9.80. The summed E-state index contributed by atoms with van der Waals surface area (Å²) < 4.78 is 82.6.